The van der Waals surface area contributed by atoms with E-state index in [1.54, 1.807) is 0 Å². The van der Waals surface area contributed by atoms with Crippen LogP contribution >= 0.6 is 0 Å². The van der Waals surface area contributed by atoms with Gasteiger partial charge in [-0.3, -0.25) is 0 Å². The predicted molar refractivity (Wildman–Crippen MR) is 119 cm³/mol. The van der Waals surface area contributed by atoms with Crippen LogP contribution in [0.3, 0.4) is 0 Å². The second-order valence-corrected chi connectivity index (χ2v) is 9.58. The Morgan fingerprint density at radius 3 is 2.66 bits per heavy atom. The molecule has 0 heterocycles. The molecule has 0 amide bonds. The lowest BCUT2D eigenvalue weighted by molar-refractivity contribution is 0.296. The summed E-state index contributed by atoms with van der Waals surface area (Å²) in [4.78, 5) is 4.68. The van der Waals surface area contributed by atoms with Gasteiger partial charge in [-0.05, 0) is 50.7 Å². The van der Waals surface area contributed by atoms with Crippen LogP contribution in [0.2, 0.25) is 0 Å². The lowest BCUT2D eigenvalue weighted by Crippen LogP contribution is -2.39. The molecule has 29 heavy (non-hydrogen) atoms. The molecule has 2 N–H and O–H groups in total. The van der Waals surface area contributed by atoms with Crippen molar-refractivity contribution in [1.82, 2.24) is 14.9 Å². The zero-order valence-corrected chi connectivity index (χ0v) is 19.0. The first-order chi connectivity index (χ1) is 13.8. The summed E-state index contributed by atoms with van der Waals surface area (Å²) in [5.41, 5.74) is 2.25. The highest BCUT2D eigenvalue weighted by Crippen LogP contribution is 2.30. The largest absolute Gasteiger partial charge is 0.493 e. The normalized spacial score (nSPS) is 14.9. The average Bonchev–Trinajstić information content (AvgIpc) is 3.48. The molecule has 0 saturated heterocycles. The van der Waals surface area contributed by atoms with Crippen molar-refractivity contribution >= 4 is 16.0 Å². The number of nitrogens with one attached hydrogen (secondary N) is 2. The molecule has 1 aromatic carbocycles. The lowest BCUT2D eigenvalue weighted by Gasteiger charge is -2.18. The molecule has 8 heteroatoms. The monoisotopic (exact) mass is 424 g/mol. The van der Waals surface area contributed by atoms with E-state index in [0.717, 1.165) is 30.4 Å². The van der Waals surface area contributed by atoms with Crippen LogP contribution < -0.4 is 15.4 Å². The Morgan fingerprint density at radius 2 is 2.03 bits per heavy atom. The van der Waals surface area contributed by atoms with Crippen LogP contribution in [0.15, 0.2) is 23.2 Å². The minimum Gasteiger partial charge on any atom is -0.493 e. The van der Waals surface area contributed by atoms with E-state index in [1.807, 2.05) is 13.8 Å². The van der Waals surface area contributed by atoms with E-state index in [4.69, 9.17) is 4.74 Å². The first-order valence-electron chi connectivity index (χ1n) is 10.5. The molecule has 7 nitrogen and oxygen atoms in total. The van der Waals surface area contributed by atoms with Crippen molar-refractivity contribution in [2.75, 3.05) is 39.0 Å². The Hall–Kier alpha value is -1.80. The number of aliphatic imine (C=N–C) groups is 1. The van der Waals surface area contributed by atoms with Crippen LogP contribution in [0.5, 0.6) is 5.75 Å². The van der Waals surface area contributed by atoms with E-state index in [9.17, 15) is 8.42 Å². The van der Waals surface area contributed by atoms with Crippen LogP contribution in [-0.4, -0.2) is 57.7 Å². The minimum atomic E-state index is -3.14. The molecule has 2 rings (SSSR count). The van der Waals surface area contributed by atoms with E-state index < -0.39 is 10.0 Å². The molecule has 0 radical (unpaired) electrons. The SMILES string of the molecule is CCNC(=NCc1ccc(C)cc1OCC1CC1)NCCCN(CC)S(C)(=O)=O. The van der Waals surface area contributed by atoms with Crippen LogP contribution in [0.25, 0.3) is 0 Å². The van der Waals surface area contributed by atoms with Crippen molar-refractivity contribution in [2.24, 2.45) is 10.9 Å². The maximum Gasteiger partial charge on any atom is 0.211 e. The average molecular weight is 425 g/mol. The van der Waals surface area contributed by atoms with Crippen LogP contribution in [0, 0.1) is 12.8 Å². The number of hydrogen-bond acceptors (Lipinski definition) is 4. The van der Waals surface area contributed by atoms with Crippen LogP contribution in [-0.2, 0) is 16.6 Å². The number of guanidine groups is 1. The molecule has 0 aromatic heterocycles. The van der Waals surface area contributed by atoms with Gasteiger partial charge in [-0.25, -0.2) is 17.7 Å². The third-order valence-corrected chi connectivity index (χ3v) is 6.22. The summed E-state index contributed by atoms with van der Waals surface area (Å²) in [6.45, 7) is 9.65. The fourth-order valence-electron chi connectivity index (χ4n) is 2.95. The molecule has 1 fully saturated rings. The molecule has 1 aliphatic rings. The van der Waals surface area contributed by atoms with Crippen molar-refractivity contribution in [3.63, 3.8) is 0 Å². The van der Waals surface area contributed by atoms with Crippen LogP contribution in [0.4, 0.5) is 0 Å². The Kier molecular flexibility index (Phi) is 9.23. The van der Waals surface area contributed by atoms with Crippen molar-refractivity contribution in [3.05, 3.63) is 29.3 Å². The molecule has 0 atom stereocenters. The molecule has 0 bridgehead atoms. The fraction of sp³-hybridized carbons (Fsp3) is 0.667. The van der Waals surface area contributed by atoms with Gasteiger partial charge in [0, 0.05) is 31.7 Å². The summed E-state index contributed by atoms with van der Waals surface area (Å²) in [5.74, 6) is 2.35. The molecule has 1 aliphatic carbocycles. The summed E-state index contributed by atoms with van der Waals surface area (Å²) in [7, 11) is -3.14. The van der Waals surface area contributed by atoms with Crippen molar-refractivity contribution in [2.45, 2.75) is 46.6 Å². The summed E-state index contributed by atoms with van der Waals surface area (Å²) in [6, 6.07) is 6.24. The van der Waals surface area contributed by atoms with Gasteiger partial charge in [-0.2, -0.15) is 0 Å². The maximum absolute atomic E-state index is 11.7. The smallest absolute Gasteiger partial charge is 0.211 e. The highest BCUT2D eigenvalue weighted by Gasteiger charge is 2.22. The molecule has 1 aromatic rings. The van der Waals surface area contributed by atoms with Gasteiger partial charge >= 0.3 is 0 Å². The van der Waals surface area contributed by atoms with Gasteiger partial charge in [0.05, 0.1) is 19.4 Å². The number of sulfonamides is 1. The van der Waals surface area contributed by atoms with E-state index in [-0.39, 0.29) is 0 Å². The molecular weight excluding hydrogens is 388 g/mol. The summed E-state index contributed by atoms with van der Waals surface area (Å²) in [6.07, 6.45) is 4.50. The number of nitrogens with zero attached hydrogens (tertiary/aromatic N) is 2. The Labute approximate surface area is 176 Å². The van der Waals surface area contributed by atoms with E-state index in [2.05, 4.69) is 40.7 Å². The summed E-state index contributed by atoms with van der Waals surface area (Å²) < 4.78 is 30.8. The first kappa shape index (κ1) is 23.5. The highest BCUT2D eigenvalue weighted by atomic mass is 32.2. The quantitative estimate of drug-likeness (QED) is 0.306. The molecule has 0 spiro atoms. The van der Waals surface area contributed by atoms with Gasteiger partial charge in [0.2, 0.25) is 10.0 Å². The van der Waals surface area contributed by atoms with Gasteiger partial charge in [-0.15, -0.1) is 0 Å². The van der Waals surface area contributed by atoms with E-state index >= 15 is 0 Å². The first-order valence-corrected chi connectivity index (χ1v) is 12.4. The molecule has 0 unspecified atom stereocenters. The Morgan fingerprint density at radius 1 is 1.28 bits per heavy atom. The molecule has 0 aliphatic heterocycles. The minimum absolute atomic E-state index is 0.490. The number of aryl methyl sites for hydroxylation is 1. The lowest BCUT2D eigenvalue weighted by atomic mass is 10.1. The number of benzene rings is 1. The number of hydrogen-bond donors (Lipinski definition) is 2. The van der Waals surface area contributed by atoms with Gasteiger partial charge in [0.15, 0.2) is 5.96 Å². The van der Waals surface area contributed by atoms with Gasteiger partial charge in [-0.1, -0.05) is 19.1 Å². The zero-order valence-electron chi connectivity index (χ0n) is 18.2. The summed E-state index contributed by atoms with van der Waals surface area (Å²) in [5, 5.41) is 6.53. The zero-order chi connectivity index (χ0) is 21.3. The van der Waals surface area contributed by atoms with Crippen molar-refractivity contribution in [1.29, 1.82) is 0 Å². The maximum atomic E-state index is 11.7. The summed E-state index contributed by atoms with van der Waals surface area (Å²) >= 11 is 0. The highest BCUT2D eigenvalue weighted by molar-refractivity contribution is 7.88. The van der Waals surface area contributed by atoms with Crippen molar-refractivity contribution < 1.29 is 13.2 Å². The van der Waals surface area contributed by atoms with E-state index in [0.29, 0.717) is 38.5 Å². The molecule has 164 valence electrons. The molecular formula is C21H36N4O3S. The van der Waals surface area contributed by atoms with Gasteiger partial charge < -0.3 is 15.4 Å². The molecule has 1 saturated carbocycles. The van der Waals surface area contributed by atoms with E-state index in [1.165, 1.54) is 29.0 Å². The van der Waals surface area contributed by atoms with Crippen molar-refractivity contribution in [3.8, 4) is 5.75 Å². The topological polar surface area (TPSA) is 83.0 Å². The van der Waals surface area contributed by atoms with Crippen LogP contribution in [0.1, 0.15) is 44.2 Å². The number of rotatable bonds is 12. The predicted octanol–water partition coefficient (Wildman–Crippen LogP) is 2.51. The number of ether oxygens (including phenoxy) is 1. The second-order valence-electron chi connectivity index (χ2n) is 7.60. The fourth-order valence-corrected chi connectivity index (χ4v) is 3.88. The Bertz CT molecular complexity index is 776. The van der Waals surface area contributed by atoms with Gasteiger partial charge in [0.1, 0.15) is 5.75 Å². The third kappa shape index (κ3) is 8.62. The standard InChI is InChI=1S/C21H36N4O3S/c1-5-22-21(23-12-7-13-25(6-2)29(4,26)27)24-15-19-11-8-17(3)14-20(19)28-16-18-9-10-18/h8,11,14,18H,5-7,9-10,12-13,15-16H2,1-4H3,(H2,22,23,24). The third-order valence-electron chi connectivity index (χ3n) is 4.84. The Balaban J connectivity index is 1.91. The second kappa shape index (κ2) is 11.4. The van der Waals surface area contributed by atoms with Gasteiger partial charge in [0.25, 0.3) is 0 Å².